The number of aromatic nitrogens is 2. The number of para-hydroxylation sites is 1. The third-order valence-corrected chi connectivity index (χ3v) is 4.50. The zero-order valence-electron chi connectivity index (χ0n) is 16.3. The van der Waals surface area contributed by atoms with E-state index in [4.69, 9.17) is 4.74 Å². The normalized spacial score (nSPS) is 11.8. The number of halogens is 1. The van der Waals surface area contributed by atoms with Crippen LogP contribution in [0.25, 0.3) is 10.9 Å². The van der Waals surface area contributed by atoms with E-state index < -0.39 is 11.9 Å². The summed E-state index contributed by atoms with van der Waals surface area (Å²) in [5.74, 6) is -0.356. The minimum Gasteiger partial charge on any atom is -0.494 e. The number of hydrogen-bond acceptors (Lipinski definition) is 4. The molecule has 0 radical (unpaired) electrons. The number of amides is 2. The van der Waals surface area contributed by atoms with Crippen molar-refractivity contribution in [1.82, 2.24) is 20.4 Å². The molecule has 3 rings (SSSR count). The van der Waals surface area contributed by atoms with Crippen LogP contribution in [0, 0.1) is 5.82 Å². The number of ether oxygens (including phenoxy) is 1. The van der Waals surface area contributed by atoms with Crippen LogP contribution in [0.15, 0.2) is 48.5 Å². The fourth-order valence-corrected chi connectivity index (χ4v) is 2.93. The van der Waals surface area contributed by atoms with Gasteiger partial charge in [-0.15, -0.1) is 0 Å². The highest BCUT2D eigenvalue weighted by molar-refractivity contribution is 6.05. The second kappa shape index (κ2) is 9.18. The average molecular weight is 398 g/mol. The summed E-state index contributed by atoms with van der Waals surface area (Å²) in [6, 6.07) is 12.4. The topological polar surface area (TPSA) is 87.3 Å². The molecule has 3 aromatic rings. The highest BCUT2D eigenvalue weighted by Gasteiger charge is 2.22. The van der Waals surface area contributed by atoms with E-state index >= 15 is 0 Å². The smallest absolute Gasteiger partial charge is 0.273 e. The lowest BCUT2D eigenvalue weighted by Gasteiger charge is -2.22. The van der Waals surface area contributed by atoms with E-state index in [1.54, 1.807) is 37.1 Å². The second-order valence-electron chi connectivity index (χ2n) is 6.73. The summed E-state index contributed by atoms with van der Waals surface area (Å²) in [7, 11) is 1.67. The fraction of sp³-hybridized carbons (Fsp3) is 0.286. The molecular weight excluding hydrogens is 375 g/mol. The van der Waals surface area contributed by atoms with E-state index in [-0.39, 0.29) is 17.4 Å². The molecule has 0 fully saturated rings. The largest absolute Gasteiger partial charge is 0.494 e. The number of H-pyrrole nitrogens is 1. The lowest BCUT2D eigenvalue weighted by atomic mass is 10.2. The van der Waals surface area contributed by atoms with Crippen LogP contribution in [0.4, 0.5) is 4.39 Å². The number of nitrogens with one attached hydrogen (secondary N) is 2. The molecule has 1 heterocycles. The summed E-state index contributed by atoms with van der Waals surface area (Å²) in [5, 5.41) is 10.3. The Morgan fingerprint density at radius 1 is 1.21 bits per heavy atom. The first-order chi connectivity index (χ1) is 14.0. The first kappa shape index (κ1) is 20.3. The van der Waals surface area contributed by atoms with Crippen LogP contribution in [0.1, 0.15) is 23.8 Å². The van der Waals surface area contributed by atoms with Gasteiger partial charge in [0, 0.05) is 19.0 Å². The number of nitrogens with zero attached hydrogens (tertiary/aromatic N) is 2. The maximum Gasteiger partial charge on any atom is 0.273 e. The minimum absolute atomic E-state index is 0.208. The van der Waals surface area contributed by atoms with E-state index in [0.717, 1.165) is 5.52 Å². The number of hydrogen-bond donors (Lipinski definition) is 2. The Morgan fingerprint density at radius 2 is 1.93 bits per heavy atom. The van der Waals surface area contributed by atoms with Crippen molar-refractivity contribution in [1.29, 1.82) is 0 Å². The summed E-state index contributed by atoms with van der Waals surface area (Å²) >= 11 is 0. The standard InChI is InChI=1S/C21H23FN4O3/c1-14(23-20(27)19-17-6-3-4-7-18(17)24-25-19)21(28)26(2)12-5-13-29-16-10-8-15(22)9-11-16/h3-4,6-11,14H,5,12-13H2,1-2H3,(H,23,27)(H,24,25). The number of likely N-dealkylation sites (N-methyl/N-ethyl adjacent to an activating group) is 1. The second-order valence-corrected chi connectivity index (χ2v) is 6.73. The molecule has 0 saturated heterocycles. The Morgan fingerprint density at radius 3 is 2.69 bits per heavy atom. The predicted octanol–water partition coefficient (Wildman–Crippen LogP) is 2.75. The van der Waals surface area contributed by atoms with Gasteiger partial charge in [-0.25, -0.2) is 4.39 Å². The van der Waals surface area contributed by atoms with Crippen molar-refractivity contribution in [3.63, 3.8) is 0 Å². The molecule has 7 nitrogen and oxygen atoms in total. The highest BCUT2D eigenvalue weighted by Crippen LogP contribution is 2.15. The number of fused-ring (bicyclic) bond motifs is 1. The maximum absolute atomic E-state index is 12.9. The molecule has 8 heteroatoms. The van der Waals surface area contributed by atoms with Crippen LogP contribution in [0.5, 0.6) is 5.75 Å². The van der Waals surface area contributed by atoms with Crippen molar-refractivity contribution in [3.8, 4) is 5.75 Å². The summed E-state index contributed by atoms with van der Waals surface area (Å²) in [6.07, 6.45) is 0.601. The van der Waals surface area contributed by atoms with Crippen LogP contribution in [-0.2, 0) is 4.79 Å². The van der Waals surface area contributed by atoms with E-state index in [0.29, 0.717) is 30.7 Å². The van der Waals surface area contributed by atoms with Gasteiger partial charge in [-0.05, 0) is 43.7 Å². The van der Waals surface area contributed by atoms with Crippen LogP contribution in [0.2, 0.25) is 0 Å². The SMILES string of the molecule is CC(NC(=O)c1n[nH]c2ccccc12)C(=O)N(C)CCCOc1ccc(F)cc1. The van der Waals surface area contributed by atoms with Gasteiger partial charge in [0.1, 0.15) is 17.6 Å². The minimum atomic E-state index is -0.694. The Kier molecular flexibility index (Phi) is 6.43. The summed E-state index contributed by atoms with van der Waals surface area (Å²) in [6.45, 7) is 2.50. The number of benzene rings is 2. The number of carbonyl (C=O) groups is 2. The van der Waals surface area contributed by atoms with Crippen molar-refractivity contribution >= 4 is 22.7 Å². The van der Waals surface area contributed by atoms with Gasteiger partial charge in [-0.2, -0.15) is 5.10 Å². The van der Waals surface area contributed by atoms with Crippen molar-refractivity contribution in [3.05, 3.63) is 60.0 Å². The Labute approximate surface area is 167 Å². The molecule has 1 unspecified atom stereocenters. The van der Waals surface area contributed by atoms with Crippen molar-refractivity contribution in [2.24, 2.45) is 0 Å². The van der Waals surface area contributed by atoms with E-state index in [2.05, 4.69) is 15.5 Å². The molecule has 2 amide bonds. The molecule has 1 atom stereocenters. The van der Waals surface area contributed by atoms with Crippen molar-refractivity contribution in [2.45, 2.75) is 19.4 Å². The summed E-state index contributed by atoms with van der Waals surface area (Å²) in [4.78, 5) is 26.5. The van der Waals surface area contributed by atoms with E-state index in [1.807, 2.05) is 18.2 Å². The lowest BCUT2D eigenvalue weighted by molar-refractivity contribution is -0.131. The monoisotopic (exact) mass is 398 g/mol. The van der Waals surface area contributed by atoms with Gasteiger partial charge in [-0.1, -0.05) is 18.2 Å². The van der Waals surface area contributed by atoms with Crippen molar-refractivity contribution in [2.75, 3.05) is 20.2 Å². The van der Waals surface area contributed by atoms with Crippen LogP contribution < -0.4 is 10.1 Å². The molecule has 2 N–H and O–H groups in total. The van der Waals surface area contributed by atoms with Crippen LogP contribution in [0.3, 0.4) is 0 Å². The fourth-order valence-electron chi connectivity index (χ4n) is 2.93. The first-order valence-corrected chi connectivity index (χ1v) is 9.33. The van der Waals surface area contributed by atoms with Crippen molar-refractivity contribution < 1.29 is 18.7 Å². The predicted molar refractivity (Wildman–Crippen MR) is 107 cm³/mol. The quantitative estimate of drug-likeness (QED) is 0.571. The van der Waals surface area contributed by atoms with Gasteiger partial charge in [0.15, 0.2) is 5.69 Å². The highest BCUT2D eigenvalue weighted by atomic mass is 19.1. The molecule has 0 aliphatic heterocycles. The van der Waals surface area contributed by atoms with Gasteiger partial charge >= 0.3 is 0 Å². The Hall–Kier alpha value is -3.42. The zero-order chi connectivity index (χ0) is 20.8. The summed E-state index contributed by atoms with van der Waals surface area (Å²) in [5.41, 5.74) is 1.02. The third kappa shape index (κ3) is 5.10. The molecule has 29 heavy (non-hydrogen) atoms. The first-order valence-electron chi connectivity index (χ1n) is 9.33. The molecule has 0 aliphatic carbocycles. The molecule has 1 aromatic heterocycles. The summed E-state index contributed by atoms with van der Waals surface area (Å²) < 4.78 is 18.4. The third-order valence-electron chi connectivity index (χ3n) is 4.50. The average Bonchev–Trinajstić information content (AvgIpc) is 3.16. The maximum atomic E-state index is 12.9. The lowest BCUT2D eigenvalue weighted by Crippen LogP contribution is -2.46. The number of carbonyl (C=O) groups excluding carboxylic acids is 2. The van der Waals surface area contributed by atoms with Gasteiger partial charge < -0.3 is 15.0 Å². The molecule has 0 spiro atoms. The van der Waals surface area contributed by atoms with E-state index in [9.17, 15) is 14.0 Å². The van der Waals surface area contributed by atoms with Crippen LogP contribution >= 0.6 is 0 Å². The van der Waals surface area contributed by atoms with E-state index in [1.165, 1.54) is 12.1 Å². The van der Waals surface area contributed by atoms with Gasteiger partial charge in [0.05, 0.1) is 12.1 Å². The van der Waals surface area contributed by atoms with Crippen LogP contribution in [-0.4, -0.2) is 53.2 Å². The van der Waals surface area contributed by atoms with Gasteiger partial charge in [-0.3, -0.25) is 14.7 Å². The number of rotatable bonds is 8. The zero-order valence-corrected chi connectivity index (χ0v) is 16.3. The Bertz CT molecular complexity index is 987. The Balaban J connectivity index is 1.46. The van der Waals surface area contributed by atoms with Gasteiger partial charge in [0.2, 0.25) is 5.91 Å². The molecule has 152 valence electrons. The van der Waals surface area contributed by atoms with Gasteiger partial charge in [0.25, 0.3) is 5.91 Å². The molecule has 2 aromatic carbocycles. The molecule has 0 bridgehead atoms. The molecule has 0 aliphatic rings. The molecular formula is C21H23FN4O3. The number of aromatic amines is 1. The molecule has 0 saturated carbocycles.